The molecule has 0 N–H and O–H groups in total. The molecule has 3 aromatic carbocycles. The topological polar surface area (TPSA) is 61.8 Å². The molecule has 0 amide bonds. The van der Waals surface area contributed by atoms with E-state index in [0.717, 1.165) is 54.1 Å². The van der Waals surface area contributed by atoms with Gasteiger partial charge in [-0.25, -0.2) is 0 Å². The second-order valence-corrected chi connectivity index (χ2v) is 11.3. The molecule has 1 aliphatic heterocycles. The first-order valence-corrected chi connectivity index (χ1v) is 14.4. The third-order valence-electron chi connectivity index (χ3n) is 7.19. The van der Waals surface area contributed by atoms with Gasteiger partial charge in [0.25, 0.3) is 0 Å². The van der Waals surface area contributed by atoms with Crippen LogP contribution in [0.3, 0.4) is 0 Å². The van der Waals surface area contributed by atoms with Gasteiger partial charge in [0.15, 0.2) is 5.78 Å². The molecule has 0 aromatic heterocycles. The molecule has 6 heteroatoms. The van der Waals surface area contributed by atoms with Crippen LogP contribution in [0.15, 0.2) is 72.8 Å². The smallest absolute Gasteiger partial charge is 0.310 e. The Hall–Kier alpha value is -3.64. The number of fused-ring (bicyclic) bond motifs is 1. The van der Waals surface area contributed by atoms with Gasteiger partial charge in [0.1, 0.15) is 23.3 Å². The summed E-state index contributed by atoms with van der Waals surface area (Å²) >= 11 is 0. The van der Waals surface area contributed by atoms with Crippen LogP contribution < -0.4 is 14.0 Å². The van der Waals surface area contributed by atoms with Gasteiger partial charge in [-0.1, -0.05) is 68.1 Å². The Morgan fingerprint density at radius 1 is 0.850 bits per heavy atom. The summed E-state index contributed by atoms with van der Waals surface area (Å²) in [6.07, 6.45) is 6.61. The van der Waals surface area contributed by atoms with Crippen molar-refractivity contribution >= 4 is 17.4 Å². The van der Waals surface area contributed by atoms with Gasteiger partial charge in [0, 0.05) is 0 Å². The highest BCUT2D eigenvalue weighted by atomic mass is 16.5. The molecule has 1 heterocycles. The number of unbranched alkanes of at least 4 members (excludes halogenated alkanes) is 5. The van der Waals surface area contributed by atoms with Crippen LogP contribution in [-0.2, 0) is 16.0 Å². The Morgan fingerprint density at radius 2 is 1.52 bits per heavy atom. The van der Waals surface area contributed by atoms with Crippen LogP contribution in [0, 0.1) is 0 Å². The van der Waals surface area contributed by atoms with Crippen molar-refractivity contribution in [1.82, 2.24) is 4.48 Å². The van der Waals surface area contributed by atoms with E-state index in [1.165, 1.54) is 5.69 Å². The molecule has 0 aliphatic carbocycles. The minimum atomic E-state index is -0.240. The average molecular weight is 545 g/mol. The lowest BCUT2D eigenvalue weighted by molar-refractivity contribution is -0.142. The Bertz CT molecular complexity index is 1250. The molecule has 4 rings (SSSR count). The second kappa shape index (κ2) is 14.1. The van der Waals surface area contributed by atoms with Crippen molar-refractivity contribution in [3.05, 3.63) is 89.5 Å². The lowest BCUT2D eigenvalue weighted by Crippen LogP contribution is -2.34. The molecule has 40 heavy (non-hydrogen) atoms. The summed E-state index contributed by atoms with van der Waals surface area (Å²) in [7, 11) is 6.36. The highest BCUT2D eigenvalue weighted by Gasteiger charge is 2.28. The molecule has 3 aromatic rings. The first kappa shape index (κ1) is 29.3. The zero-order valence-corrected chi connectivity index (χ0v) is 24.1. The molecule has 0 spiro atoms. The fourth-order valence-electron chi connectivity index (χ4n) is 4.81. The van der Waals surface area contributed by atoms with Gasteiger partial charge >= 0.3 is 5.97 Å². The van der Waals surface area contributed by atoms with E-state index in [2.05, 4.69) is 33.3 Å². The number of rotatable bonds is 14. The average Bonchev–Trinajstić information content (AvgIpc) is 2.94. The summed E-state index contributed by atoms with van der Waals surface area (Å²) in [5.74, 6) is 1.25. The number of ketones is 1. The standard InChI is InChI=1S/C34H42NO5/c1-35(2,3)28-17-15-26(16-18-28)23-34(37)39-22-12-7-5-4-6-11-21-38-29-19-20-32-30(24-29)31(36)25-33(40-32)27-13-9-8-10-14-27/h8-10,13-20,24,33H,4-7,11-12,21-23,25H2,1-3H3/q+1. The van der Waals surface area contributed by atoms with Crippen molar-refractivity contribution in [2.24, 2.45) is 0 Å². The third-order valence-corrected chi connectivity index (χ3v) is 7.19. The van der Waals surface area contributed by atoms with Crippen molar-refractivity contribution < 1.29 is 23.8 Å². The zero-order chi connectivity index (χ0) is 28.4. The maximum atomic E-state index is 12.7. The molecule has 0 saturated heterocycles. The normalized spacial score (nSPS) is 14.8. The van der Waals surface area contributed by atoms with Crippen LogP contribution >= 0.6 is 0 Å². The number of Topliss-reactive ketones (excluding diaryl/α,β-unsaturated/α-hetero) is 1. The predicted octanol–water partition coefficient (Wildman–Crippen LogP) is 7.10. The Labute approximate surface area is 238 Å². The van der Waals surface area contributed by atoms with Crippen molar-refractivity contribution in [1.29, 1.82) is 0 Å². The maximum absolute atomic E-state index is 12.7. The van der Waals surface area contributed by atoms with Crippen LogP contribution in [0.1, 0.15) is 72.5 Å². The van der Waals surface area contributed by atoms with Gasteiger partial charge < -0.3 is 14.2 Å². The van der Waals surface area contributed by atoms with Crippen LogP contribution in [0.2, 0.25) is 0 Å². The number of esters is 1. The van der Waals surface area contributed by atoms with E-state index < -0.39 is 0 Å². The summed E-state index contributed by atoms with van der Waals surface area (Å²) < 4.78 is 18.2. The van der Waals surface area contributed by atoms with E-state index in [9.17, 15) is 9.59 Å². The summed E-state index contributed by atoms with van der Waals surface area (Å²) in [5, 5.41) is 0. The minimum Gasteiger partial charge on any atom is -0.494 e. The molecule has 212 valence electrons. The van der Waals surface area contributed by atoms with Gasteiger partial charge in [-0.3, -0.25) is 14.1 Å². The monoisotopic (exact) mass is 544 g/mol. The Kier molecular flexibility index (Phi) is 10.4. The zero-order valence-electron chi connectivity index (χ0n) is 24.1. The van der Waals surface area contributed by atoms with Crippen LogP contribution in [0.5, 0.6) is 11.5 Å². The first-order chi connectivity index (χ1) is 19.3. The van der Waals surface area contributed by atoms with Gasteiger partial charge in [-0.05, 0) is 54.3 Å². The van der Waals surface area contributed by atoms with Crippen LogP contribution in [0.25, 0.3) is 0 Å². The summed E-state index contributed by atoms with van der Waals surface area (Å²) in [6, 6.07) is 23.5. The fraction of sp³-hybridized carbons (Fsp3) is 0.412. The molecule has 0 radical (unpaired) electrons. The minimum absolute atomic E-state index is 0.0837. The van der Waals surface area contributed by atoms with E-state index in [-0.39, 0.29) is 17.9 Å². The van der Waals surface area contributed by atoms with Crippen LogP contribution in [0.4, 0.5) is 5.69 Å². The summed E-state index contributed by atoms with van der Waals surface area (Å²) in [5.41, 5.74) is 3.80. The van der Waals surface area contributed by atoms with Crippen molar-refractivity contribution in [2.75, 3.05) is 34.4 Å². The van der Waals surface area contributed by atoms with E-state index in [1.54, 1.807) is 6.07 Å². The molecule has 0 saturated carbocycles. The van der Waals surface area contributed by atoms with Gasteiger partial charge in [-0.15, -0.1) is 0 Å². The SMILES string of the molecule is C[N+](C)(C)c1ccc(CC(=O)OCCCCCCCCOc2ccc3c(c2)C(=O)CC(c2ccccc2)O3)cc1. The number of benzene rings is 3. The Balaban J connectivity index is 1.05. The lowest BCUT2D eigenvalue weighted by atomic mass is 9.96. The van der Waals surface area contributed by atoms with Crippen LogP contribution in [-0.4, -0.2) is 46.1 Å². The van der Waals surface area contributed by atoms with E-state index >= 15 is 0 Å². The number of quaternary nitrogens is 1. The second-order valence-electron chi connectivity index (χ2n) is 11.3. The maximum Gasteiger partial charge on any atom is 0.310 e. The largest absolute Gasteiger partial charge is 0.494 e. The first-order valence-electron chi connectivity index (χ1n) is 14.4. The fourth-order valence-corrected chi connectivity index (χ4v) is 4.81. The number of ether oxygens (including phenoxy) is 3. The number of hydrogen-bond acceptors (Lipinski definition) is 5. The third kappa shape index (κ3) is 8.68. The van der Waals surface area contributed by atoms with Gasteiger partial charge in [0.2, 0.25) is 0 Å². The van der Waals surface area contributed by atoms with Crippen molar-refractivity contribution in [2.45, 2.75) is 57.5 Å². The van der Waals surface area contributed by atoms with Crippen molar-refractivity contribution in [3.8, 4) is 11.5 Å². The number of carbonyl (C=O) groups is 2. The predicted molar refractivity (Wildman–Crippen MR) is 159 cm³/mol. The molecule has 1 unspecified atom stereocenters. The summed E-state index contributed by atoms with van der Waals surface area (Å²) in [6.45, 7) is 1.10. The van der Waals surface area contributed by atoms with Gasteiger partial charge in [0.05, 0.1) is 52.8 Å². The van der Waals surface area contributed by atoms with Gasteiger partial charge in [-0.2, -0.15) is 0 Å². The van der Waals surface area contributed by atoms with Crippen molar-refractivity contribution in [3.63, 3.8) is 0 Å². The highest BCUT2D eigenvalue weighted by molar-refractivity contribution is 6.00. The molecule has 1 aliphatic rings. The molecule has 6 nitrogen and oxygen atoms in total. The molecular formula is C34H42NO5+. The molecule has 0 bridgehead atoms. The summed E-state index contributed by atoms with van der Waals surface area (Å²) in [4.78, 5) is 24.9. The lowest BCUT2D eigenvalue weighted by Gasteiger charge is -2.26. The van der Waals surface area contributed by atoms with E-state index in [1.807, 2.05) is 54.6 Å². The number of hydrogen-bond donors (Lipinski definition) is 0. The highest BCUT2D eigenvalue weighted by Crippen LogP contribution is 2.36. The van der Waals surface area contributed by atoms with E-state index in [4.69, 9.17) is 14.2 Å². The Morgan fingerprint density at radius 3 is 2.23 bits per heavy atom. The molecule has 1 atom stereocenters. The van der Waals surface area contributed by atoms with E-state index in [0.29, 0.717) is 43.1 Å². The number of nitrogens with zero attached hydrogens (tertiary/aromatic N) is 1. The number of carbonyl (C=O) groups excluding carboxylic acids is 2. The molecular weight excluding hydrogens is 502 g/mol. The molecule has 0 fully saturated rings. The quantitative estimate of drug-likeness (QED) is 0.123.